The first-order valence-electron chi connectivity index (χ1n) is 5.26. The Morgan fingerprint density at radius 3 is 2.45 bits per heavy atom. The first-order chi connectivity index (χ1) is 8.32. The summed E-state index contributed by atoms with van der Waals surface area (Å²) in [6.07, 6.45) is -3.01. The van der Waals surface area contributed by atoms with Gasteiger partial charge in [-0.15, -0.1) is 0 Å². The molecule has 0 fully saturated rings. The van der Waals surface area contributed by atoms with Crippen LogP contribution >= 0.6 is 0 Å². The summed E-state index contributed by atoms with van der Waals surface area (Å²) in [5.74, 6) is -2.28. The number of hydrogen-bond donors (Lipinski definition) is 2. The van der Waals surface area contributed by atoms with Gasteiger partial charge >= 0.3 is 65.9 Å². The molecule has 0 radical (unpaired) electrons. The fourth-order valence-corrected chi connectivity index (χ4v) is 1.96. The summed E-state index contributed by atoms with van der Waals surface area (Å²) >= 11 is 0. The molecule has 2 rings (SSSR count). The number of aryl methyl sites for hydroxylation is 1. The van der Waals surface area contributed by atoms with Crippen molar-refractivity contribution in [3.05, 3.63) is 28.8 Å². The molecule has 0 bridgehead atoms. The molecule has 5 nitrogen and oxygen atoms in total. The second-order valence-electron chi connectivity index (χ2n) is 4.12. The van der Waals surface area contributed by atoms with Crippen molar-refractivity contribution in [2.45, 2.75) is 19.2 Å². The molecule has 0 saturated carbocycles. The van der Waals surface area contributed by atoms with Gasteiger partial charge in [-0.05, 0) is 12.0 Å². The van der Waals surface area contributed by atoms with Gasteiger partial charge < -0.3 is 24.6 Å². The fourth-order valence-electron chi connectivity index (χ4n) is 1.96. The van der Waals surface area contributed by atoms with Gasteiger partial charge in [-0.2, -0.15) is 0 Å². The molecule has 2 N–H and O–H groups in total. The van der Waals surface area contributed by atoms with Gasteiger partial charge in [-0.3, -0.25) is 0 Å². The molecule has 10 heteroatoms. The Balaban J connectivity index is 0.00000180. The fraction of sp³-hybridized carbons (Fsp3) is 0.300. The average Bonchev–Trinajstić information content (AvgIpc) is 2.25. The van der Waals surface area contributed by atoms with Gasteiger partial charge in [-0.25, -0.2) is 8.78 Å². The summed E-state index contributed by atoms with van der Waals surface area (Å²) in [5, 5.41) is 29.6. The third-order valence-electron chi connectivity index (χ3n) is 2.81. The summed E-state index contributed by atoms with van der Waals surface area (Å²) in [7, 11) is 0. The Morgan fingerprint density at radius 2 is 1.95 bits per heavy atom. The van der Waals surface area contributed by atoms with Gasteiger partial charge in [0.25, 0.3) is 6.43 Å². The van der Waals surface area contributed by atoms with Gasteiger partial charge in [-0.1, -0.05) is 18.5 Å². The molecule has 1 aliphatic heterocycles. The number of fused-ring (bicyclic) bond motifs is 1. The minimum absolute atomic E-state index is 0. The van der Waals surface area contributed by atoms with E-state index < -0.39 is 36.0 Å². The van der Waals surface area contributed by atoms with E-state index >= 15 is 0 Å². The number of halogens is 2. The molecule has 0 aromatic heterocycles. The summed E-state index contributed by atoms with van der Waals surface area (Å²) < 4.78 is 30.1. The Labute approximate surface area is 157 Å². The van der Waals surface area contributed by atoms with Crippen LogP contribution in [0.25, 0.3) is 0 Å². The summed E-state index contributed by atoms with van der Waals surface area (Å²) in [5.41, 5.74) is -1.25. The summed E-state index contributed by atoms with van der Waals surface area (Å²) in [6.45, 7) is -3.21. The van der Waals surface area contributed by atoms with Crippen molar-refractivity contribution in [3.8, 4) is 5.75 Å². The van der Waals surface area contributed by atoms with Gasteiger partial charge in [0.05, 0.1) is 11.7 Å². The number of carboxylic acid groups (broad SMARTS) is 1. The third-order valence-corrected chi connectivity index (χ3v) is 2.81. The molecule has 0 aliphatic carbocycles. The van der Waals surface area contributed by atoms with Crippen molar-refractivity contribution >= 4 is 12.7 Å². The minimum atomic E-state index is -3.21. The standard InChI is InChI=1S/C10H10BF2O5.2Na/c12-9(13)6-2-1-5-3-4-11(16,17)18-8(5)7(6)10(14)15;;/h1-2,9,16-17H,3-4H2,(H,14,15);;/q-1;2*+1/p-1. The number of hydrogen-bond acceptors (Lipinski definition) is 5. The van der Waals surface area contributed by atoms with E-state index in [1.165, 1.54) is 6.07 Å². The van der Waals surface area contributed by atoms with Crippen molar-refractivity contribution in [2.24, 2.45) is 0 Å². The molecule has 98 valence electrons. The zero-order chi connectivity index (χ0) is 13.5. The van der Waals surface area contributed by atoms with Gasteiger partial charge in [0.15, 0.2) is 0 Å². The Kier molecular flexibility index (Phi) is 7.68. The van der Waals surface area contributed by atoms with Crippen LogP contribution in [0.3, 0.4) is 0 Å². The zero-order valence-corrected chi connectivity index (χ0v) is 15.1. The molecular formula is C10H9BF2Na2O5. The van der Waals surface area contributed by atoms with Crippen molar-refractivity contribution < 1.29 is 92.5 Å². The molecule has 0 unspecified atom stereocenters. The number of aromatic carboxylic acids is 1. The maximum Gasteiger partial charge on any atom is 1.00 e. The minimum Gasteiger partial charge on any atom is -0.669 e. The number of carboxylic acids is 1. The molecule has 1 aromatic rings. The van der Waals surface area contributed by atoms with Gasteiger partial charge in [0.2, 0.25) is 0 Å². The molecule has 0 atom stereocenters. The molecule has 0 amide bonds. The van der Waals surface area contributed by atoms with E-state index in [0.717, 1.165) is 6.07 Å². The van der Waals surface area contributed by atoms with Crippen molar-refractivity contribution in [3.63, 3.8) is 0 Å². The normalized spacial score (nSPS) is 15.4. The molecule has 1 aliphatic rings. The first-order valence-corrected chi connectivity index (χ1v) is 5.26. The SMILES string of the molecule is O=C([O-])c1c(C(F)F)ccc2c1O[B-](O)(O)CC2.[Na+].[Na+]. The maximum absolute atomic E-state index is 12.7. The van der Waals surface area contributed by atoms with Crippen LogP contribution in [-0.2, 0) is 6.42 Å². The van der Waals surface area contributed by atoms with Crippen molar-refractivity contribution in [1.82, 2.24) is 0 Å². The Bertz CT molecular complexity index is 513. The number of alkyl halides is 2. The Morgan fingerprint density at radius 1 is 1.35 bits per heavy atom. The molecule has 0 spiro atoms. The number of rotatable bonds is 2. The van der Waals surface area contributed by atoms with Crippen molar-refractivity contribution in [2.75, 3.05) is 0 Å². The topological polar surface area (TPSA) is 89.8 Å². The summed E-state index contributed by atoms with van der Waals surface area (Å²) in [6, 6.07) is 2.27. The number of benzene rings is 1. The van der Waals surface area contributed by atoms with E-state index in [4.69, 9.17) is 4.65 Å². The number of carbonyl (C=O) groups is 1. The third kappa shape index (κ3) is 4.17. The van der Waals surface area contributed by atoms with E-state index in [1.54, 1.807) is 0 Å². The summed E-state index contributed by atoms with van der Waals surface area (Å²) in [4.78, 5) is 10.9. The smallest absolute Gasteiger partial charge is 0.669 e. The van der Waals surface area contributed by atoms with Gasteiger partial charge in [0, 0.05) is 11.1 Å². The Hall–Kier alpha value is 0.335. The zero-order valence-electron chi connectivity index (χ0n) is 11.1. The number of carbonyl (C=O) groups excluding carboxylic acids is 1. The van der Waals surface area contributed by atoms with E-state index in [9.17, 15) is 28.7 Å². The van der Waals surface area contributed by atoms with Crippen LogP contribution in [0, 0.1) is 0 Å². The molecular weight excluding hydrogens is 295 g/mol. The van der Waals surface area contributed by atoms with E-state index in [0.29, 0.717) is 5.56 Å². The maximum atomic E-state index is 12.7. The van der Waals surface area contributed by atoms with Crippen LogP contribution in [0.2, 0.25) is 6.32 Å². The van der Waals surface area contributed by atoms with Crippen molar-refractivity contribution in [1.29, 1.82) is 0 Å². The molecule has 20 heavy (non-hydrogen) atoms. The average molecular weight is 304 g/mol. The monoisotopic (exact) mass is 304 g/mol. The quantitative estimate of drug-likeness (QED) is 0.531. The van der Waals surface area contributed by atoms with Crippen LogP contribution < -0.4 is 68.9 Å². The van der Waals surface area contributed by atoms with Crippen LogP contribution in [-0.4, -0.2) is 22.8 Å². The molecule has 0 saturated heterocycles. The van der Waals surface area contributed by atoms with E-state index in [-0.39, 0.29) is 71.9 Å². The largest absolute Gasteiger partial charge is 1.00 e. The van der Waals surface area contributed by atoms with Gasteiger partial charge in [0.1, 0.15) is 0 Å². The molecule has 1 aromatic carbocycles. The van der Waals surface area contributed by atoms with Crippen LogP contribution in [0.1, 0.15) is 27.9 Å². The first kappa shape index (κ1) is 20.3. The molecule has 1 heterocycles. The van der Waals surface area contributed by atoms with E-state index in [1.807, 2.05) is 0 Å². The second kappa shape index (κ2) is 7.55. The van der Waals surface area contributed by atoms with Crippen LogP contribution in [0.5, 0.6) is 5.75 Å². The second-order valence-corrected chi connectivity index (χ2v) is 4.12. The van der Waals surface area contributed by atoms with Crippen LogP contribution in [0.15, 0.2) is 12.1 Å². The van der Waals surface area contributed by atoms with E-state index in [2.05, 4.69) is 0 Å². The van der Waals surface area contributed by atoms with Crippen LogP contribution in [0.4, 0.5) is 8.78 Å². The predicted octanol–water partition coefficient (Wildman–Crippen LogP) is -6.15. The predicted molar refractivity (Wildman–Crippen MR) is 55.1 cm³/mol.